The molecule has 1 N–H and O–H groups in total. The first kappa shape index (κ1) is 16.2. The lowest BCUT2D eigenvalue weighted by molar-refractivity contribution is -0.122. The molecule has 1 unspecified atom stereocenters. The number of carbonyl (C=O) groups is 1. The van der Waals surface area contributed by atoms with E-state index in [9.17, 15) is 4.79 Å². The molecule has 0 saturated carbocycles. The van der Waals surface area contributed by atoms with E-state index in [2.05, 4.69) is 64.4 Å². The molecule has 0 aliphatic carbocycles. The molecule has 0 aliphatic rings. The van der Waals surface area contributed by atoms with Crippen molar-refractivity contribution in [3.8, 4) is 0 Å². The minimum Gasteiger partial charge on any atom is -0.355 e. The summed E-state index contributed by atoms with van der Waals surface area (Å²) >= 11 is 1.75. The molecule has 0 bridgehead atoms. The third-order valence-electron chi connectivity index (χ3n) is 3.89. The fraction of sp³-hybridized carbons (Fsp3) is 0.688. The van der Waals surface area contributed by atoms with E-state index >= 15 is 0 Å². The van der Waals surface area contributed by atoms with E-state index in [4.69, 9.17) is 0 Å². The van der Waals surface area contributed by atoms with Crippen LogP contribution < -0.4 is 5.32 Å². The van der Waals surface area contributed by atoms with E-state index < -0.39 is 0 Å². The van der Waals surface area contributed by atoms with E-state index in [1.807, 2.05) is 0 Å². The molecular formula is C16H27NOS. The topological polar surface area (TPSA) is 29.1 Å². The van der Waals surface area contributed by atoms with Gasteiger partial charge >= 0.3 is 0 Å². The average Bonchev–Trinajstić information content (AvgIpc) is 2.79. The molecule has 0 saturated heterocycles. The zero-order valence-electron chi connectivity index (χ0n) is 13.0. The van der Waals surface area contributed by atoms with Crippen molar-refractivity contribution in [2.24, 2.45) is 11.3 Å². The first-order valence-corrected chi connectivity index (χ1v) is 7.81. The molecule has 2 nitrogen and oxygen atoms in total. The molecule has 108 valence electrons. The predicted octanol–water partition coefficient (Wildman–Crippen LogP) is 4.21. The average molecular weight is 281 g/mol. The normalized spacial score (nSPS) is 14.2. The zero-order chi connectivity index (χ0) is 14.7. The van der Waals surface area contributed by atoms with Crippen molar-refractivity contribution in [2.75, 3.05) is 6.54 Å². The third-order valence-corrected chi connectivity index (χ3v) is 5.12. The Morgan fingerprint density at radius 3 is 2.42 bits per heavy atom. The summed E-state index contributed by atoms with van der Waals surface area (Å²) in [6, 6.07) is 4.19. The SMILES string of the molecule is CC(CC(=O)NCC(C)(C)c1cccs1)C(C)(C)C. The molecule has 3 heteroatoms. The summed E-state index contributed by atoms with van der Waals surface area (Å²) in [5, 5.41) is 5.17. The van der Waals surface area contributed by atoms with E-state index in [0.717, 1.165) is 0 Å². The monoisotopic (exact) mass is 281 g/mol. The third kappa shape index (κ3) is 4.98. The van der Waals surface area contributed by atoms with Crippen molar-refractivity contribution in [3.63, 3.8) is 0 Å². The summed E-state index contributed by atoms with van der Waals surface area (Å²) < 4.78 is 0. The van der Waals surface area contributed by atoms with Gasteiger partial charge in [0.05, 0.1) is 0 Å². The summed E-state index contributed by atoms with van der Waals surface area (Å²) in [4.78, 5) is 13.3. The summed E-state index contributed by atoms with van der Waals surface area (Å²) in [5.41, 5.74) is 0.190. The Morgan fingerprint density at radius 2 is 1.95 bits per heavy atom. The van der Waals surface area contributed by atoms with Crippen LogP contribution in [0.4, 0.5) is 0 Å². The van der Waals surface area contributed by atoms with Gasteiger partial charge in [0.15, 0.2) is 0 Å². The van der Waals surface area contributed by atoms with Crippen LogP contribution in [0.3, 0.4) is 0 Å². The number of carbonyl (C=O) groups excluding carboxylic acids is 1. The Hall–Kier alpha value is -0.830. The van der Waals surface area contributed by atoms with Gasteiger partial charge in [0, 0.05) is 23.3 Å². The van der Waals surface area contributed by atoms with Gasteiger partial charge in [-0.05, 0) is 22.8 Å². The van der Waals surface area contributed by atoms with E-state index in [1.165, 1.54) is 4.88 Å². The van der Waals surface area contributed by atoms with Gasteiger partial charge in [-0.2, -0.15) is 0 Å². The molecule has 1 aromatic rings. The van der Waals surface area contributed by atoms with Gasteiger partial charge in [-0.25, -0.2) is 0 Å². The van der Waals surface area contributed by atoms with E-state index in [-0.39, 0.29) is 16.7 Å². The molecule has 1 amide bonds. The largest absolute Gasteiger partial charge is 0.355 e. The molecule has 1 atom stereocenters. The molecule has 1 heterocycles. The Morgan fingerprint density at radius 1 is 1.32 bits per heavy atom. The number of nitrogens with one attached hydrogen (secondary N) is 1. The minimum atomic E-state index is 0.00873. The van der Waals surface area contributed by atoms with Gasteiger partial charge in [-0.3, -0.25) is 4.79 Å². The van der Waals surface area contributed by atoms with Gasteiger partial charge in [-0.15, -0.1) is 11.3 Å². The molecule has 0 fully saturated rings. The van der Waals surface area contributed by atoms with Crippen LogP contribution in [-0.2, 0) is 10.2 Å². The molecule has 0 aromatic carbocycles. The second-order valence-electron chi connectivity index (χ2n) is 7.11. The summed E-state index contributed by atoms with van der Waals surface area (Å²) in [6.07, 6.45) is 0.601. The number of amides is 1. The molecule has 1 rings (SSSR count). The molecule has 1 aromatic heterocycles. The maximum absolute atomic E-state index is 12.0. The van der Waals surface area contributed by atoms with Crippen molar-refractivity contribution >= 4 is 17.2 Å². The second-order valence-corrected chi connectivity index (χ2v) is 8.06. The van der Waals surface area contributed by atoms with Crippen molar-refractivity contribution < 1.29 is 4.79 Å². The summed E-state index contributed by atoms with van der Waals surface area (Å²) in [7, 11) is 0. The number of thiophene rings is 1. The van der Waals surface area contributed by atoms with Crippen LogP contribution in [0.1, 0.15) is 52.8 Å². The van der Waals surface area contributed by atoms with Crippen LogP contribution in [0.25, 0.3) is 0 Å². The Labute approximate surface area is 121 Å². The van der Waals surface area contributed by atoms with Crippen LogP contribution in [0, 0.1) is 11.3 Å². The Balaban J connectivity index is 2.47. The quantitative estimate of drug-likeness (QED) is 0.860. The van der Waals surface area contributed by atoms with Gasteiger partial charge in [-0.1, -0.05) is 47.6 Å². The van der Waals surface area contributed by atoms with Crippen molar-refractivity contribution in [1.82, 2.24) is 5.32 Å². The molecule has 0 spiro atoms. The van der Waals surface area contributed by atoms with E-state index in [0.29, 0.717) is 18.9 Å². The van der Waals surface area contributed by atoms with Gasteiger partial charge in [0.25, 0.3) is 0 Å². The van der Waals surface area contributed by atoms with Crippen LogP contribution in [0.2, 0.25) is 0 Å². The van der Waals surface area contributed by atoms with Crippen molar-refractivity contribution in [3.05, 3.63) is 22.4 Å². The summed E-state index contributed by atoms with van der Waals surface area (Å²) in [6.45, 7) is 13.7. The lowest BCUT2D eigenvalue weighted by Gasteiger charge is -2.28. The van der Waals surface area contributed by atoms with Gasteiger partial charge < -0.3 is 5.32 Å². The molecule has 19 heavy (non-hydrogen) atoms. The van der Waals surface area contributed by atoms with E-state index in [1.54, 1.807) is 11.3 Å². The fourth-order valence-electron chi connectivity index (χ4n) is 1.73. The van der Waals surface area contributed by atoms with Crippen LogP contribution in [0.15, 0.2) is 17.5 Å². The smallest absolute Gasteiger partial charge is 0.220 e. The van der Waals surface area contributed by atoms with Gasteiger partial charge in [0.2, 0.25) is 5.91 Å². The second kappa shape index (κ2) is 6.08. The molecular weight excluding hydrogens is 254 g/mol. The van der Waals surface area contributed by atoms with Gasteiger partial charge in [0.1, 0.15) is 0 Å². The van der Waals surface area contributed by atoms with Crippen LogP contribution in [0.5, 0.6) is 0 Å². The zero-order valence-corrected chi connectivity index (χ0v) is 13.9. The predicted molar refractivity (Wildman–Crippen MR) is 83.6 cm³/mol. The first-order valence-electron chi connectivity index (χ1n) is 6.93. The highest BCUT2D eigenvalue weighted by Crippen LogP contribution is 2.29. The van der Waals surface area contributed by atoms with Crippen molar-refractivity contribution in [1.29, 1.82) is 0 Å². The lowest BCUT2D eigenvalue weighted by atomic mass is 9.80. The highest BCUT2D eigenvalue weighted by molar-refractivity contribution is 7.10. The Kier molecular flexibility index (Phi) is 5.19. The molecule has 0 aliphatic heterocycles. The highest BCUT2D eigenvalue weighted by atomic mass is 32.1. The number of rotatable bonds is 5. The maximum Gasteiger partial charge on any atom is 0.220 e. The minimum absolute atomic E-state index is 0.00873. The van der Waals surface area contributed by atoms with Crippen molar-refractivity contribution in [2.45, 2.75) is 53.4 Å². The fourth-order valence-corrected chi connectivity index (χ4v) is 2.58. The Bertz CT molecular complexity index is 401. The lowest BCUT2D eigenvalue weighted by Crippen LogP contribution is -2.37. The summed E-state index contributed by atoms with van der Waals surface area (Å²) in [5.74, 6) is 0.546. The maximum atomic E-state index is 12.0. The number of hydrogen-bond acceptors (Lipinski definition) is 2. The van der Waals surface area contributed by atoms with Crippen LogP contribution in [-0.4, -0.2) is 12.5 Å². The standard InChI is InChI=1S/C16H27NOS/c1-12(15(2,3)4)10-14(18)17-11-16(5,6)13-8-7-9-19-13/h7-9,12H,10-11H2,1-6H3,(H,17,18). The molecule has 0 radical (unpaired) electrons. The first-order chi connectivity index (χ1) is 8.63. The van der Waals surface area contributed by atoms with Crippen LogP contribution >= 0.6 is 11.3 Å². The highest BCUT2D eigenvalue weighted by Gasteiger charge is 2.25. The number of hydrogen-bond donors (Lipinski definition) is 1.